The van der Waals surface area contributed by atoms with Gasteiger partial charge in [0.25, 0.3) is 0 Å². The Hall–Kier alpha value is -0.0700. The van der Waals surface area contributed by atoms with Crippen LogP contribution in [-0.4, -0.2) is 67.4 Å². The van der Waals surface area contributed by atoms with Gasteiger partial charge in [-0.1, -0.05) is 6.92 Å². The van der Waals surface area contributed by atoms with Gasteiger partial charge >= 0.3 is 29.6 Å². The summed E-state index contributed by atoms with van der Waals surface area (Å²) in [5, 5.41) is -0.0293. The average molecular weight is 443 g/mol. The van der Waals surface area contributed by atoms with Crippen LogP contribution >= 0.6 is 0 Å². The number of aromatic nitrogens is 1. The second kappa shape index (κ2) is 9.82. The van der Waals surface area contributed by atoms with Gasteiger partial charge in [0.1, 0.15) is 10.6 Å². The molecule has 1 aromatic heterocycles. The molecular formula is C17H27N2NaO6S2. The third kappa shape index (κ3) is 4.80. The Morgan fingerprint density at radius 3 is 2.57 bits per heavy atom. The number of nitrogens with zero attached hydrogens (tertiary/aromatic N) is 2. The molecular weight excluding hydrogens is 415 g/mol. The predicted molar refractivity (Wildman–Crippen MR) is 103 cm³/mol. The molecule has 0 aromatic carbocycles. The molecule has 2 aliphatic rings. The normalized spacial score (nSPS) is 23.7. The number of anilines is 1. The molecule has 0 radical (unpaired) electrons. The van der Waals surface area contributed by atoms with E-state index in [1.807, 2.05) is 11.8 Å². The quantitative estimate of drug-likeness (QED) is 0.431. The van der Waals surface area contributed by atoms with E-state index in [0.717, 1.165) is 6.42 Å². The average Bonchev–Trinajstić information content (AvgIpc) is 2.67. The second-order valence-electron chi connectivity index (χ2n) is 7.01. The van der Waals surface area contributed by atoms with Gasteiger partial charge in [-0.3, -0.25) is 0 Å². The van der Waals surface area contributed by atoms with Crippen molar-refractivity contribution in [3.63, 3.8) is 0 Å². The molecule has 0 saturated carbocycles. The van der Waals surface area contributed by atoms with Crippen molar-refractivity contribution in [3.8, 4) is 0 Å². The summed E-state index contributed by atoms with van der Waals surface area (Å²) in [5.74, 6) is 0.523. The Bertz CT molecular complexity index is 820. The fraction of sp³-hybridized carbons (Fsp3) is 0.706. The van der Waals surface area contributed by atoms with Crippen LogP contribution in [0.15, 0.2) is 17.2 Å². The number of rotatable bonds is 5. The van der Waals surface area contributed by atoms with Crippen molar-refractivity contribution >= 4 is 26.7 Å². The van der Waals surface area contributed by atoms with Crippen LogP contribution in [0, 0.1) is 0 Å². The summed E-state index contributed by atoms with van der Waals surface area (Å²) in [6.07, 6.45) is 2.67. The van der Waals surface area contributed by atoms with Crippen molar-refractivity contribution < 1.29 is 57.6 Å². The maximum atomic E-state index is 12.8. The minimum absolute atomic E-state index is 0. The first-order valence-corrected chi connectivity index (χ1v) is 12.0. The van der Waals surface area contributed by atoms with Crippen molar-refractivity contribution in [3.05, 3.63) is 17.7 Å². The number of morpholine rings is 1. The minimum atomic E-state index is -3.48. The Labute approximate surface area is 192 Å². The van der Waals surface area contributed by atoms with Crippen LogP contribution in [0.4, 0.5) is 5.82 Å². The third-order valence-electron chi connectivity index (χ3n) is 5.50. The van der Waals surface area contributed by atoms with E-state index in [0.29, 0.717) is 57.2 Å². The molecule has 28 heavy (non-hydrogen) atoms. The molecule has 8 nitrogen and oxygen atoms in total. The molecule has 1 aromatic rings. The molecule has 0 amide bonds. The van der Waals surface area contributed by atoms with Crippen LogP contribution in [0.5, 0.6) is 0 Å². The Morgan fingerprint density at radius 2 is 2.00 bits per heavy atom. The summed E-state index contributed by atoms with van der Waals surface area (Å²) in [7, 11) is -3.48. The molecule has 1 unspecified atom stereocenters. The molecule has 0 bridgehead atoms. The SMILES string of the molecule is CC[C@H]1COCCN1c1cc(C2(S(C)(=O)=O)CCOCC2)cc(S(=O)O)n1.[H-].[Na+]. The third-order valence-corrected chi connectivity index (χ3v) is 8.13. The van der Waals surface area contributed by atoms with E-state index in [2.05, 4.69) is 4.98 Å². The molecule has 11 heteroatoms. The minimum Gasteiger partial charge on any atom is -1.00 e. The van der Waals surface area contributed by atoms with E-state index >= 15 is 0 Å². The van der Waals surface area contributed by atoms with Gasteiger partial charge in [-0.15, -0.1) is 0 Å². The van der Waals surface area contributed by atoms with Gasteiger partial charge in [0, 0.05) is 26.0 Å². The molecule has 3 rings (SSSR count). The fourth-order valence-corrected chi connectivity index (χ4v) is 5.71. The van der Waals surface area contributed by atoms with Gasteiger partial charge < -0.3 is 20.4 Å². The molecule has 2 fully saturated rings. The maximum Gasteiger partial charge on any atom is 1.00 e. The predicted octanol–water partition coefficient (Wildman–Crippen LogP) is -1.56. The molecule has 154 valence electrons. The zero-order chi connectivity index (χ0) is 19.7. The Morgan fingerprint density at radius 1 is 1.32 bits per heavy atom. The zero-order valence-corrected chi connectivity index (χ0v) is 20.2. The zero-order valence-electron chi connectivity index (χ0n) is 17.6. The number of ether oxygens (including phenoxy) is 2. The molecule has 0 aliphatic carbocycles. The van der Waals surface area contributed by atoms with Crippen molar-refractivity contribution in [2.75, 3.05) is 44.1 Å². The van der Waals surface area contributed by atoms with Crippen molar-refractivity contribution in [1.29, 1.82) is 0 Å². The Kier molecular flexibility index (Phi) is 8.49. The summed E-state index contributed by atoms with van der Waals surface area (Å²) in [5.41, 5.74) is 0.511. The van der Waals surface area contributed by atoms with E-state index < -0.39 is 25.7 Å². The fourth-order valence-electron chi connectivity index (χ4n) is 3.86. The van der Waals surface area contributed by atoms with Gasteiger partial charge in [0.15, 0.2) is 14.9 Å². The standard InChI is InChI=1S/C17H26N2O6S2.Na.H/c1-3-14-12-25-9-6-19(14)15-10-13(11-16(18-15)26(20)21)17(27(2,22)23)4-7-24-8-5-17;;/h10-11,14H,3-9,12H2,1-2H3,(H,20,21);;/q;+1;-1/t14-;;/m0../s1. The first-order valence-electron chi connectivity index (χ1n) is 9.03. The number of hydrogen-bond donors (Lipinski definition) is 1. The number of sulfone groups is 1. The first kappa shape index (κ1) is 24.2. The summed E-state index contributed by atoms with van der Waals surface area (Å²) < 4.78 is 56.8. The van der Waals surface area contributed by atoms with Crippen LogP contribution in [0.1, 0.15) is 33.2 Å². The summed E-state index contributed by atoms with van der Waals surface area (Å²) in [6, 6.07) is 3.30. The van der Waals surface area contributed by atoms with Crippen molar-refractivity contribution in [1.82, 2.24) is 4.98 Å². The molecule has 3 heterocycles. The van der Waals surface area contributed by atoms with Crippen LogP contribution in [0.25, 0.3) is 0 Å². The summed E-state index contributed by atoms with van der Waals surface area (Å²) in [6.45, 7) is 4.38. The van der Waals surface area contributed by atoms with Crippen molar-refractivity contribution in [2.45, 2.75) is 42.0 Å². The molecule has 1 N–H and O–H groups in total. The number of hydrogen-bond acceptors (Lipinski definition) is 7. The van der Waals surface area contributed by atoms with Crippen LogP contribution in [-0.2, 0) is 35.1 Å². The Balaban J connectivity index is 0.00000210. The largest absolute Gasteiger partial charge is 1.00 e. The van der Waals surface area contributed by atoms with Gasteiger partial charge in [0.05, 0.1) is 19.3 Å². The second-order valence-corrected chi connectivity index (χ2v) is 10.3. The molecule has 2 aliphatic heterocycles. The maximum absolute atomic E-state index is 12.8. The van der Waals surface area contributed by atoms with E-state index in [4.69, 9.17) is 9.47 Å². The molecule has 0 spiro atoms. The van der Waals surface area contributed by atoms with E-state index in [1.165, 1.54) is 12.3 Å². The molecule has 2 atom stereocenters. The van der Waals surface area contributed by atoms with E-state index in [1.54, 1.807) is 6.07 Å². The smallest absolute Gasteiger partial charge is 1.00 e. The van der Waals surface area contributed by atoms with Crippen LogP contribution < -0.4 is 34.5 Å². The van der Waals surface area contributed by atoms with Gasteiger partial charge in [-0.05, 0) is 37.0 Å². The van der Waals surface area contributed by atoms with Crippen LogP contribution in [0.2, 0.25) is 0 Å². The van der Waals surface area contributed by atoms with Crippen molar-refractivity contribution in [2.24, 2.45) is 0 Å². The molecule has 2 saturated heterocycles. The number of pyridine rings is 1. The summed E-state index contributed by atoms with van der Waals surface area (Å²) in [4.78, 5) is 6.40. The van der Waals surface area contributed by atoms with Gasteiger partial charge in [-0.25, -0.2) is 17.6 Å². The van der Waals surface area contributed by atoms with Gasteiger partial charge in [-0.2, -0.15) is 0 Å². The van der Waals surface area contributed by atoms with Gasteiger partial charge in [0.2, 0.25) is 11.1 Å². The van der Waals surface area contributed by atoms with Crippen LogP contribution in [0.3, 0.4) is 0 Å². The van der Waals surface area contributed by atoms with E-state index in [-0.39, 0.29) is 42.1 Å². The summed E-state index contributed by atoms with van der Waals surface area (Å²) >= 11 is -2.31. The first-order chi connectivity index (χ1) is 12.8. The topological polar surface area (TPSA) is 106 Å². The van der Waals surface area contributed by atoms with E-state index in [9.17, 15) is 17.2 Å². The monoisotopic (exact) mass is 442 g/mol.